The highest BCUT2D eigenvalue weighted by molar-refractivity contribution is 8.00. The predicted octanol–water partition coefficient (Wildman–Crippen LogP) is 6.16. The Morgan fingerprint density at radius 3 is 1.74 bits per heavy atom. The number of thioether (sulfide) groups is 1. The fourth-order valence-corrected chi connectivity index (χ4v) is 11.0. The van der Waals surface area contributed by atoms with E-state index in [1.807, 2.05) is 11.8 Å². The average Bonchev–Trinajstić information content (AvgIpc) is 3.89. The molecule has 10 N–H and O–H groups in total. The Balaban J connectivity index is 1.16. The molecule has 0 aromatic rings. The summed E-state index contributed by atoms with van der Waals surface area (Å²) in [7, 11) is 0. The maximum Gasteiger partial charge on any atom is 0.315 e. The van der Waals surface area contributed by atoms with E-state index in [1.54, 1.807) is 0 Å². The second-order valence-corrected chi connectivity index (χ2v) is 21.0. The van der Waals surface area contributed by atoms with Crippen molar-refractivity contribution in [1.82, 2.24) is 26.6 Å². The number of hydrogen-bond acceptors (Lipinski definition) is 12. The monoisotopic (exact) mass is 986 g/mol. The second kappa shape index (κ2) is 37.5. The van der Waals surface area contributed by atoms with Gasteiger partial charge >= 0.3 is 6.03 Å². The molecule has 0 saturated carbocycles. The number of nitrogens with one attached hydrogen (secondary N) is 5. The summed E-state index contributed by atoms with van der Waals surface area (Å²) in [6.07, 6.45) is 22.9. The predicted molar refractivity (Wildman–Crippen MR) is 268 cm³/mol. The second-order valence-electron chi connectivity index (χ2n) is 19.8. The fourth-order valence-electron chi connectivity index (χ4n) is 9.47. The van der Waals surface area contributed by atoms with E-state index in [0.717, 1.165) is 108 Å². The number of carbonyl (C=O) groups is 4. The van der Waals surface area contributed by atoms with Gasteiger partial charge in [0, 0.05) is 43.4 Å². The van der Waals surface area contributed by atoms with Crippen LogP contribution in [-0.4, -0.2) is 142 Å². The van der Waals surface area contributed by atoms with Crippen LogP contribution >= 0.6 is 11.8 Å². The van der Waals surface area contributed by atoms with Crippen LogP contribution in [0.3, 0.4) is 0 Å². The van der Waals surface area contributed by atoms with Crippen molar-refractivity contribution in [3.8, 4) is 0 Å². The summed E-state index contributed by atoms with van der Waals surface area (Å²) in [6.45, 7) is 2.81. The van der Waals surface area contributed by atoms with E-state index in [0.29, 0.717) is 50.4 Å². The van der Waals surface area contributed by atoms with Gasteiger partial charge in [-0.25, -0.2) is 4.79 Å². The smallest absolute Gasteiger partial charge is 0.315 e. The first kappa shape index (κ1) is 60.1. The van der Waals surface area contributed by atoms with Crippen LogP contribution in [0.5, 0.6) is 0 Å². The molecule has 0 unspecified atom stereocenters. The van der Waals surface area contributed by atoms with Crippen molar-refractivity contribution in [3.05, 3.63) is 0 Å². The lowest BCUT2D eigenvalue weighted by Crippen LogP contribution is -2.60. The highest BCUT2D eigenvalue weighted by Crippen LogP contribution is 2.33. The van der Waals surface area contributed by atoms with Crippen LogP contribution in [0.15, 0.2) is 0 Å². The topological polar surface area (TPSA) is 248 Å². The SMILES string of the molecule is CCCCCCCCCCCCCCC[C@@H](O)[C@H](CO[C@H]1O[C@@H](CO)[C@H](O)[C@H](O)[C@@H]1O)NC(=O)CCCCCCCCCCNC(=O)CCCCCNC(=O)CCCC[C@@H]1SC[C@@H]2NC(=O)N[C@@H]21. The lowest BCUT2D eigenvalue weighted by Gasteiger charge is -2.40. The molecule has 5 amide bonds. The Bertz CT molecular complexity index is 1350. The van der Waals surface area contributed by atoms with Gasteiger partial charge in [0.2, 0.25) is 17.7 Å². The molecule has 3 heterocycles. The molecule has 0 aliphatic carbocycles. The molecule has 0 aromatic carbocycles. The van der Waals surface area contributed by atoms with Crippen LogP contribution in [0.2, 0.25) is 0 Å². The summed E-state index contributed by atoms with van der Waals surface area (Å²) < 4.78 is 11.2. The van der Waals surface area contributed by atoms with E-state index in [-0.39, 0.29) is 42.4 Å². The largest absolute Gasteiger partial charge is 0.394 e. The van der Waals surface area contributed by atoms with Crippen LogP contribution in [0.1, 0.15) is 206 Å². The zero-order valence-electron chi connectivity index (χ0n) is 41.8. The van der Waals surface area contributed by atoms with Gasteiger partial charge in [-0.05, 0) is 44.9 Å². The molecular formula is C51H95N5O11S. The first-order valence-electron chi connectivity index (χ1n) is 27.2. The molecule has 17 heteroatoms. The Labute approximate surface area is 413 Å². The number of aliphatic hydroxyl groups is 5. The number of unbranched alkanes of at least 4 members (excludes halogenated alkanes) is 22. The van der Waals surface area contributed by atoms with Crippen molar-refractivity contribution in [3.63, 3.8) is 0 Å². The van der Waals surface area contributed by atoms with Crippen LogP contribution in [0.25, 0.3) is 0 Å². The zero-order valence-corrected chi connectivity index (χ0v) is 42.6. The number of urea groups is 1. The summed E-state index contributed by atoms with van der Waals surface area (Å²) in [6, 6.07) is -0.381. The standard InChI is InChI=1S/C51H95N5O11S/c1-2-3-4-5-6-7-8-9-10-11-14-17-21-28-40(58)38(36-66-50-49(64)48(63)47(62)41(35-57)67-50)54-45(61)32-22-18-15-12-13-16-19-26-33-52-43(59)30-23-20-27-34-53-44(60)31-25-24-29-42-46-39(37-68-42)55-51(65)56-46/h38-42,46-50,57-58,62-64H,2-37H2,1H3,(H,52,59)(H,53,60)(H,54,61)(H2,55,56,65)/t38-,39-,40+,41-,42-,46-,47-,48-,49-,50-/m0/s1. The van der Waals surface area contributed by atoms with E-state index < -0.39 is 49.5 Å². The molecule has 396 valence electrons. The van der Waals surface area contributed by atoms with Crippen LogP contribution in [0, 0.1) is 0 Å². The third-order valence-corrected chi connectivity index (χ3v) is 15.3. The van der Waals surface area contributed by atoms with E-state index >= 15 is 0 Å². The average molecular weight is 986 g/mol. The Hall–Kier alpha value is -2.25. The number of carbonyl (C=O) groups excluding carboxylic acids is 4. The Kier molecular flexibility index (Phi) is 33.1. The molecule has 0 spiro atoms. The van der Waals surface area contributed by atoms with Crippen LogP contribution in [0.4, 0.5) is 4.79 Å². The van der Waals surface area contributed by atoms with Crippen molar-refractivity contribution in [2.45, 2.75) is 266 Å². The molecule has 0 radical (unpaired) electrons. The minimum Gasteiger partial charge on any atom is -0.394 e. The summed E-state index contributed by atoms with van der Waals surface area (Å²) >= 11 is 1.90. The summed E-state index contributed by atoms with van der Waals surface area (Å²) in [5.41, 5.74) is 0. The quantitative estimate of drug-likeness (QED) is 0.0244. The maximum atomic E-state index is 13.0. The number of hydrogen-bond donors (Lipinski definition) is 10. The zero-order chi connectivity index (χ0) is 49.2. The molecule has 0 bridgehead atoms. The van der Waals surface area contributed by atoms with Gasteiger partial charge in [-0.15, -0.1) is 0 Å². The normalized spacial score (nSPS) is 24.2. The minimum absolute atomic E-state index is 0.0661. The number of aliphatic hydroxyl groups excluding tert-OH is 5. The van der Waals surface area contributed by atoms with Gasteiger partial charge in [0.15, 0.2) is 6.29 Å². The first-order chi connectivity index (χ1) is 33.0. The minimum atomic E-state index is -1.58. The molecule has 3 rings (SSSR count). The third-order valence-electron chi connectivity index (χ3n) is 13.8. The van der Waals surface area contributed by atoms with Gasteiger partial charge < -0.3 is 61.6 Å². The van der Waals surface area contributed by atoms with Crippen molar-refractivity contribution in [2.75, 3.05) is 32.1 Å². The van der Waals surface area contributed by atoms with Gasteiger partial charge in [0.1, 0.15) is 24.4 Å². The van der Waals surface area contributed by atoms with Crippen molar-refractivity contribution >= 4 is 35.5 Å². The van der Waals surface area contributed by atoms with E-state index in [2.05, 4.69) is 33.5 Å². The Morgan fingerprint density at radius 2 is 1.16 bits per heavy atom. The van der Waals surface area contributed by atoms with E-state index in [4.69, 9.17) is 9.47 Å². The molecule has 3 aliphatic heterocycles. The molecule has 16 nitrogen and oxygen atoms in total. The van der Waals surface area contributed by atoms with Gasteiger partial charge in [0.25, 0.3) is 0 Å². The third kappa shape index (κ3) is 25.7. The van der Waals surface area contributed by atoms with Gasteiger partial charge in [-0.1, -0.05) is 142 Å². The van der Waals surface area contributed by atoms with Gasteiger partial charge in [0.05, 0.1) is 37.4 Å². The van der Waals surface area contributed by atoms with Crippen LogP contribution < -0.4 is 26.6 Å². The van der Waals surface area contributed by atoms with Crippen molar-refractivity contribution < 1.29 is 54.2 Å². The van der Waals surface area contributed by atoms with E-state index in [9.17, 15) is 44.7 Å². The molecule has 3 aliphatic rings. The molecule has 3 saturated heterocycles. The lowest BCUT2D eigenvalue weighted by molar-refractivity contribution is -0.302. The van der Waals surface area contributed by atoms with Crippen LogP contribution in [-0.2, 0) is 23.9 Å². The number of amides is 5. The van der Waals surface area contributed by atoms with Gasteiger partial charge in [-0.3, -0.25) is 14.4 Å². The van der Waals surface area contributed by atoms with Crippen molar-refractivity contribution in [1.29, 1.82) is 0 Å². The highest BCUT2D eigenvalue weighted by Gasteiger charge is 2.45. The number of rotatable bonds is 42. The number of ether oxygens (including phenoxy) is 2. The Morgan fingerprint density at radius 1 is 0.662 bits per heavy atom. The number of fused-ring (bicyclic) bond motifs is 1. The van der Waals surface area contributed by atoms with Gasteiger partial charge in [-0.2, -0.15) is 11.8 Å². The fraction of sp³-hybridized carbons (Fsp3) is 0.922. The molecule has 3 fully saturated rings. The molecule has 10 atom stereocenters. The summed E-state index contributed by atoms with van der Waals surface area (Å²) in [5.74, 6) is 0.914. The van der Waals surface area contributed by atoms with E-state index in [1.165, 1.54) is 64.2 Å². The first-order valence-corrected chi connectivity index (χ1v) is 28.2. The lowest BCUT2D eigenvalue weighted by atomic mass is 9.99. The highest BCUT2D eigenvalue weighted by atomic mass is 32.2. The molecule has 68 heavy (non-hydrogen) atoms. The maximum absolute atomic E-state index is 13.0. The summed E-state index contributed by atoms with van der Waals surface area (Å²) in [5, 5.41) is 66.9. The summed E-state index contributed by atoms with van der Waals surface area (Å²) in [4.78, 5) is 49.1. The molecular weight excluding hydrogens is 891 g/mol. The van der Waals surface area contributed by atoms with Crippen molar-refractivity contribution in [2.24, 2.45) is 0 Å². The molecule has 0 aromatic heterocycles.